The first-order chi connectivity index (χ1) is 9.50. The number of hydrogen-bond donors (Lipinski definition) is 0. The maximum absolute atomic E-state index is 13.3. The molecule has 2 aliphatic heterocycles. The zero-order valence-electron chi connectivity index (χ0n) is 11.6. The molecular formula is C14H19F2N3O. The van der Waals surface area contributed by atoms with Crippen LogP contribution in [0.3, 0.4) is 0 Å². The third kappa shape index (κ3) is 3.65. The van der Waals surface area contributed by atoms with Crippen molar-refractivity contribution in [3.63, 3.8) is 0 Å². The molecule has 0 aromatic rings. The number of hydrogen-bond acceptors (Lipinski definition) is 3. The smallest absolute Gasteiger partial charge is 0.271 e. The van der Waals surface area contributed by atoms with E-state index in [0.29, 0.717) is 39.0 Å². The molecule has 4 nitrogen and oxygen atoms in total. The van der Waals surface area contributed by atoms with Crippen LogP contribution >= 0.6 is 0 Å². The van der Waals surface area contributed by atoms with E-state index in [9.17, 15) is 13.6 Å². The Morgan fingerprint density at radius 1 is 1.20 bits per heavy atom. The molecule has 6 heteroatoms. The molecular weight excluding hydrogens is 264 g/mol. The molecule has 0 unspecified atom stereocenters. The average Bonchev–Trinajstić information content (AvgIpc) is 2.37. The molecule has 2 rings (SSSR count). The van der Waals surface area contributed by atoms with E-state index in [0.717, 1.165) is 19.2 Å². The van der Waals surface area contributed by atoms with Gasteiger partial charge in [0, 0.05) is 44.9 Å². The van der Waals surface area contributed by atoms with E-state index in [2.05, 4.69) is 4.99 Å². The van der Waals surface area contributed by atoms with Crippen LogP contribution in [-0.4, -0.2) is 54.5 Å². The summed E-state index contributed by atoms with van der Waals surface area (Å²) < 4.78 is 26.7. The van der Waals surface area contributed by atoms with Gasteiger partial charge in [-0.05, 0) is 18.9 Å². The van der Waals surface area contributed by atoms with E-state index in [4.69, 9.17) is 0 Å². The highest BCUT2D eigenvalue weighted by atomic mass is 19.3. The summed E-state index contributed by atoms with van der Waals surface area (Å²) in [5.74, 6) is -2.13. The molecule has 1 fully saturated rings. The number of amides is 1. The van der Waals surface area contributed by atoms with Crippen LogP contribution in [0.15, 0.2) is 28.5 Å². The molecule has 0 aliphatic carbocycles. The number of alkyl halides is 2. The molecule has 110 valence electrons. The first-order valence-electron chi connectivity index (χ1n) is 6.77. The van der Waals surface area contributed by atoms with Crippen LogP contribution in [0.1, 0.15) is 19.8 Å². The quantitative estimate of drug-likeness (QED) is 0.743. The van der Waals surface area contributed by atoms with Crippen molar-refractivity contribution < 1.29 is 13.6 Å². The molecule has 20 heavy (non-hydrogen) atoms. The second-order valence-electron chi connectivity index (χ2n) is 5.07. The van der Waals surface area contributed by atoms with E-state index < -0.39 is 5.92 Å². The number of nitrogens with zero attached hydrogens (tertiary/aromatic N) is 3. The van der Waals surface area contributed by atoms with E-state index in [-0.39, 0.29) is 5.57 Å². The van der Waals surface area contributed by atoms with Crippen LogP contribution in [0, 0.1) is 0 Å². The molecule has 0 atom stereocenters. The third-order valence-corrected chi connectivity index (χ3v) is 3.49. The highest BCUT2D eigenvalue weighted by Gasteiger charge is 2.26. The first-order valence-corrected chi connectivity index (χ1v) is 6.77. The van der Waals surface area contributed by atoms with Crippen molar-refractivity contribution in [2.24, 2.45) is 4.99 Å². The maximum atomic E-state index is 13.3. The topological polar surface area (TPSA) is 35.9 Å². The van der Waals surface area contributed by atoms with Crippen LogP contribution in [0.2, 0.25) is 0 Å². The standard InChI is InChI=1S/C14H19F2N3O/c1-14(15,16)12-4-2-3-5-13(17-10-12)19-8-6-18(11-20)7-9-19/h4-5,10-11H,2-3,6-9H2,1H3/b12-4+,13-5?,17-10-. The summed E-state index contributed by atoms with van der Waals surface area (Å²) in [7, 11) is 0. The highest BCUT2D eigenvalue weighted by molar-refractivity contribution is 5.81. The SMILES string of the molecule is CC(F)(F)C1=C/CCC=C(N2CCN(C=O)CC2)/N=C\1. The molecule has 0 aromatic carbocycles. The Kier molecular flexibility index (Phi) is 4.52. The molecule has 1 saturated heterocycles. The molecule has 0 aromatic heterocycles. The van der Waals surface area contributed by atoms with Gasteiger partial charge in [0.2, 0.25) is 6.41 Å². The summed E-state index contributed by atoms with van der Waals surface area (Å²) >= 11 is 0. The fraction of sp³-hybridized carbons (Fsp3) is 0.571. The lowest BCUT2D eigenvalue weighted by atomic mass is 10.1. The number of carbonyl (C=O) groups is 1. The van der Waals surface area contributed by atoms with E-state index in [1.807, 2.05) is 11.0 Å². The Morgan fingerprint density at radius 3 is 2.45 bits per heavy atom. The summed E-state index contributed by atoms with van der Waals surface area (Å²) in [6, 6.07) is 0. The Bertz CT molecular complexity index is 444. The summed E-state index contributed by atoms with van der Waals surface area (Å²) in [6.07, 6.45) is 6.89. The summed E-state index contributed by atoms with van der Waals surface area (Å²) in [5.41, 5.74) is -0.0328. The Balaban J connectivity index is 2.06. The minimum Gasteiger partial charge on any atom is -0.353 e. The molecule has 0 radical (unpaired) electrons. The van der Waals surface area contributed by atoms with Crippen LogP contribution in [0.4, 0.5) is 8.78 Å². The second kappa shape index (κ2) is 6.15. The van der Waals surface area contributed by atoms with Crippen molar-refractivity contribution in [1.82, 2.24) is 9.80 Å². The number of aliphatic imine (C=N–C) groups is 1. The van der Waals surface area contributed by atoms with Crippen molar-refractivity contribution in [2.75, 3.05) is 26.2 Å². The Morgan fingerprint density at radius 2 is 1.85 bits per heavy atom. The lowest BCUT2D eigenvalue weighted by Crippen LogP contribution is -2.44. The molecule has 0 bridgehead atoms. The van der Waals surface area contributed by atoms with Gasteiger partial charge in [-0.3, -0.25) is 4.79 Å². The lowest BCUT2D eigenvalue weighted by Gasteiger charge is -2.34. The van der Waals surface area contributed by atoms with E-state index in [1.54, 1.807) is 11.0 Å². The van der Waals surface area contributed by atoms with Gasteiger partial charge in [0.1, 0.15) is 5.82 Å². The molecule has 0 spiro atoms. The highest BCUT2D eigenvalue weighted by Crippen LogP contribution is 2.24. The number of halogens is 2. The molecule has 2 aliphatic rings. The first kappa shape index (κ1) is 14.7. The van der Waals surface area contributed by atoms with Gasteiger partial charge in [-0.15, -0.1) is 0 Å². The molecule has 1 amide bonds. The Labute approximate surface area is 117 Å². The normalized spacial score (nSPS) is 25.1. The van der Waals surface area contributed by atoms with Crippen LogP contribution < -0.4 is 0 Å². The fourth-order valence-electron chi connectivity index (χ4n) is 2.25. The van der Waals surface area contributed by atoms with Gasteiger partial charge >= 0.3 is 0 Å². The minimum absolute atomic E-state index is 0.0328. The number of piperazine rings is 1. The molecule has 0 N–H and O–H groups in total. The Hall–Kier alpha value is -1.72. The summed E-state index contributed by atoms with van der Waals surface area (Å²) in [6.45, 7) is 3.54. The van der Waals surface area contributed by atoms with Crippen molar-refractivity contribution in [3.05, 3.63) is 23.5 Å². The number of allylic oxidation sites excluding steroid dienone is 3. The number of carbonyl (C=O) groups excluding carboxylic acids is 1. The van der Waals surface area contributed by atoms with Gasteiger partial charge in [0.15, 0.2) is 0 Å². The average molecular weight is 283 g/mol. The van der Waals surface area contributed by atoms with Crippen LogP contribution in [-0.2, 0) is 4.79 Å². The predicted molar refractivity (Wildman–Crippen MR) is 73.7 cm³/mol. The lowest BCUT2D eigenvalue weighted by molar-refractivity contribution is -0.119. The maximum Gasteiger partial charge on any atom is 0.271 e. The van der Waals surface area contributed by atoms with E-state index >= 15 is 0 Å². The summed E-state index contributed by atoms with van der Waals surface area (Å²) in [4.78, 5) is 18.6. The monoisotopic (exact) mass is 283 g/mol. The summed E-state index contributed by atoms with van der Waals surface area (Å²) in [5, 5.41) is 0. The third-order valence-electron chi connectivity index (χ3n) is 3.49. The second-order valence-corrected chi connectivity index (χ2v) is 5.07. The van der Waals surface area contributed by atoms with Crippen LogP contribution in [0.5, 0.6) is 0 Å². The molecule has 0 saturated carbocycles. The molecule has 2 heterocycles. The van der Waals surface area contributed by atoms with E-state index in [1.165, 1.54) is 6.21 Å². The van der Waals surface area contributed by atoms with Gasteiger partial charge in [-0.2, -0.15) is 0 Å². The minimum atomic E-state index is -2.86. The predicted octanol–water partition coefficient (Wildman–Crippen LogP) is 2.05. The largest absolute Gasteiger partial charge is 0.353 e. The zero-order valence-corrected chi connectivity index (χ0v) is 11.6. The van der Waals surface area contributed by atoms with Gasteiger partial charge in [0.25, 0.3) is 5.92 Å². The van der Waals surface area contributed by atoms with Crippen LogP contribution in [0.25, 0.3) is 0 Å². The van der Waals surface area contributed by atoms with Crippen molar-refractivity contribution in [2.45, 2.75) is 25.7 Å². The van der Waals surface area contributed by atoms with Crippen molar-refractivity contribution in [3.8, 4) is 0 Å². The fourth-order valence-corrected chi connectivity index (χ4v) is 2.25. The van der Waals surface area contributed by atoms with Gasteiger partial charge < -0.3 is 9.80 Å². The van der Waals surface area contributed by atoms with Crippen molar-refractivity contribution >= 4 is 12.6 Å². The van der Waals surface area contributed by atoms with Crippen molar-refractivity contribution in [1.29, 1.82) is 0 Å². The van der Waals surface area contributed by atoms with Gasteiger partial charge in [-0.25, -0.2) is 13.8 Å². The zero-order chi connectivity index (χ0) is 14.6. The van der Waals surface area contributed by atoms with Gasteiger partial charge in [0.05, 0.1) is 0 Å². The van der Waals surface area contributed by atoms with Gasteiger partial charge in [-0.1, -0.05) is 6.08 Å². The number of rotatable bonds is 3.